The lowest BCUT2D eigenvalue weighted by Crippen LogP contribution is -2.51. The molecule has 1 fully saturated rings. The molecule has 3 N–H and O–H groups in total. The van der Waals surface area contributed by atoms with Crippen LogP contribution in [0.25, 0.3) is 0 Å². The zero-order valence-electron chi connectivity index (χ0n) is 17.2. The number of carbonyl (C=O) groups excluding carboxylic acids is 3. The fraction of sp³-hybridized carbons (Fsp3) is 0.571. The fourth-order valence-corrected chi connectivity index (χ4v) is 4.18. The van der Waals surface area contributed by atoms with Gasteiger partial charge >= 0.3 is 0 Å². The van der Waals surface area contributed by atoms with E-state index in [1.54, 1.807) is 22.5 Å². The van der Waals surface area contributed by atoms with E-state index in [2.05, 4.69) is 5.32 Å². The SMILES string of the molecule is CNC(=O)[C@@H](C(C)C)N1CC[C@@](CCCc2ccc(F)cc2)(CC(=O)NO)C1=O. The summed E-state index contributed by atoms with van der Waals surface area (Å²) in [6.07, 6.45) is 1.99. The van der Waals surface area contributed by atoms with E-state index in [0.717, 1.165) is 5.56 Å². The maximum Gasteiger partial charge on any atom is 0.244 e. The molecule has 1 aliphatic heterocycles. The molecule has 160 valence electrons. The van der Waals surface area contributed by atoms with Gasteiger partial charge in [0.2, 0.25) is 17.7 Å². The third-order valence-corrected chi connectivity index (χ3v) is 5.69. The number of hydroxylamine groups is 1. The summed E-state index contributed by atoms with van der Waals surface area (Å²) in [6.45, 7) is 4.13. The predicted molar refractivity (Wildman–Crippen MR) is 105 cm³/mol. The van der Waals surface area contributed by atoms with Crippen molar-refractivity contribution < 1.29 is 24.0 Å². The number of halogens is 1. The van der Waals surface area contributed by atoms with E-state index in [1.165, 1.54) is 19.2 Å². The fourth-order valence-electron chi connectivity index (χ4n) is 4.18. The molecule has 29 heavy (non-hydrogen) atoms. The van der Waals surface area contributed by atoms with Crippen molar-refractivity contribution in [3.8, 4) is 0 Å². The number of carbonyl (C=O) groups is 3. The van der Waals surface area contributed by atoms with E-state index in [-0.39, 0.29) is 30.0 Å². The third kappa shape index (κ3) is 5.32. The van der Waals surface area contributed by atoms with Crippen molar-refractivity contribution in [2.75, 3.05) is 13.6 Å². The van der Waals surface area contributed by atoms with Crippen molar-refractivity contribution in [1.29, 1.82) is 0 Å². The van der Waals surface area contributed by atoms with Gasteiger partial charge in [-0.3, -0.25) is 19.6 Å². The van der Waals surface area contributed by atoms with Crippen LogP contribution >= 0.6 is 0 Å². The van der Waals surface area contributed by atoms with E-state index in [0.29, 0.717) is 32.2 Å². The standard InChI is InChI=1S/C21H30FN3O4/c1-14(2)18(19(27)23-3)25-12-11-21(20(25)28,13-17(26)24-29)10-4-5-15-6-8-16(22)9-7-15/h6-9,14,18,29H,4-5,10-13H2,1-3H3,(H,23,27)(H,24,26)/t18-,21+/m1/s1. The van der Waals surface area contributed by atoms with Crippen molar-refractivity contribution >= 4 is 17.7 Å². The van der Waals surface area contributed by atoms with Crippen LogP contribution in [0.5, 0.6) is 0 Å². The van der Waals surface area contributed by atoms with Gasteiger partial charge in [0.25, 0.3) is 0 Å². The maximum absolute atomic E-state index is 13.4. The average Bonchev–Trinajstić information content (AvgIpc) is 2.99. The number of benzene rings is 1. The van der Waals surface area contributed by atoms with Crippen LogP contribution in [0, 0.1) is 17.2 Å². The third-order valence-electron chi connectivity index (χ3n) is 5.69. The summed E-state index contributed by atoms with van der Waals surface area (Å²) in [4.78, 5) is 39.2. The lowest BCUT2D eigenvalue weighted by Gasteiger charge is -2.32. The molecule has 0 aliphatic carbocycles. The first kappa shape index (κ1) is 22.8. The summed E-state index contributed by atoms with van der Waals surface area (Å²) in [7, 11) is 1.54. The summed E-state index contributed by atoms with van der Waals surface area (Å²) >= 11 is 0. The highest BCUT2D eigenvalue weighted by Crippen LogP contribution is 2.41. The van der Waals surface area contributed by atoms with Crippen LogP contribution in [0.4, 0.5) is 4.39 Å². The predicted octanol–water partition coefficient (Wildman–Crippen LogP) is 2.03. The quantitative estimate of drug-likeness (QED) is 0.431. The summed E-state index contributed by atoms with van der Waals surface area (Å²) in [5.41, 5.74) is 1.60. The van der Waals surface area contributed by atoms with Crippen molar-refractivity contribution in [2.24, 2.45) is 11.3 Å². The molecule has 1 heterocycles. The van der Waals surface area contributed by atoms with E-state index in [9.17, 15) is 18.8 Å². The van der Waals surface area contributed by atoms with Gasteiger partial charge in [-0.25, -0.2) is 9.87 Å². The monoisotopic (exact) mass is 407 g/mol. The number of nitrogens with one attached hydrogen (secondary N) is 2. The zero-order valence-corrected chi connectivity index (χ0v) is 17.2. The number of aryl methyl sites for hydroxylation is 1. The Hall–Kier alpha value is -2.48. The first-order chi connectivity index (χ1) is 13.7. The molecule has 0 saturated carbocycles. The molecule has 1 aromatic rings. The molecule has 0 unspecified atom stereocenters. The normalized spacial score (nSPS) is 20.1. The van der Waals surface area contributed by atoms with Gasteiger partial charge < -0.3 is 10.2 Å². The number of hydrogen-bond acceptors (Lipinski definition) is 4. The van der Waals surface area contributed by atoms with E-state index in [4.69, 9.17) is 5.21 Å². The van der Waals surface area contributed by atoms with Crippen LogP contribution < -0.4 is 10.8 Å². The number of hydrogen-bond donors (Lipinski definition) is 3. The molecule has 2 rings (SSSR count). The molecule has 8 heteroatoms. The molecule has 1 aromatic carbocycles. The second-order valence-corrected chi connectivity index (χ2v) is 8.02. The van der Waals surface area contributed by atoms with E-state index in [1.807, 2.05) is 13.8 Å². The van der Waals surface area contributed by atoms with Gasteiger partial charge in [-0.15, -0.1) is 0 Å². The molecule has 0 bridgehead atoms. The molecule has 0 radical (unpaired) electrons. The smallest absolute Gasteiger partial charge is 0.244 e. The van der Waals surface area contributed by atoms with Gasteiger partial charge in [-0.05, 0) is 49.3 Å². The lowest BCUT2D eigenvalue weighted by molar-refractivity contribution is -0.147. The molecule has 7 nitrogen and oxygen atoms in total. The van der Waals surface area contributed by atoms with Crippen molar-refractivity contribution in [3.05, 3.63) is 35.6 Å². The molecule has 0 spiro atoms. The summed E-state index contributed by atoms with van der Waals surface area (Å²) in [5, 5.41) is 11.6. The minimum absolute atomic E-state index is 0.0828. The largest absolute Gasteiger partial charge is 0.357 e. The molecular weight excluding hydrogens is 377 g/mol. The van der Waals surface area contributed by atoms with Gasteiger partial charge in [-0.1, -0.05) is 26.0 Å². The van der Waals surface area contributed by atoms with Crippen LogP contribution in [0.2, 0.25) is 0 Å². The molecule has 1 aliphatic rings. The summed E-state index contributed by atoms with van der Waals surface area (Å²) in [5.74, 6) is -1.48. The number of amides is 3. The highest BCUT2D eigenvalue weighted by atomic mass is 19.1. The Labute approximate surface area is 170 Å². The number of likely N-dealkylation sites (N-methyl/N-ethyl adjacent to an activating group) is 1. The Balaban J connectivity index is 2.18. The zero-order chi connectivity index (χ0) is 21.6. The number of rotatable bonds is 9. The number of nitrogens with zero attached hydrogens (tertiary/aromatic N) is 1. The van der Waals surface area contributed by atoms with E-state index >= 15 is 0 Å². The first-order valence-corrected chi connectivity index (χ1v) is 9.94. The second-order valence-electron chi connectivity index (χ2n) is 8.02. The molecule has 0 aromatic heterocycles. The van der Waals surface area contributed by atoms with Gasteiger partial charge in [-0.2, -0.15) is 0 Å². The molecule has 2 atom stereocenters. The minimum Gasteiger partial charge on any atom is -0.357 e. The highest BCUT2D eigenvalue weighted by Gasteiger charge is 2.50. The molecule has 3 amide bonds. The Morgan fingerprint density at radius 1 is 1.28 bits per heavy atom. The van der Waals surface area contributed by atoms with E-state index < -0.39 is 17.4 Å². The van der Waals surface area contributed by atoms with Crippen LogP contribution in [-0.2, 0) is 20.8 Å². The Bertz CT molecular complexity index is 738. The van der Waals surface area contributed by atoms with Gasteiger partial charge in [0.15, 0.2) is 0 Å². The Kier molecular flexibility index (Phi) is 7.73. The Morgan fingerprint density at radius 3 is 2.48 bits per heavy atom. The summed E-state index contributed by atoms with van der Waals surface area (Å²) < 4.78 is 13.1. The second kappa shape index (κ2) is 9.82. The van der Waals surface area contributed by atoms with Crippen LogP contribution in [0.15, 0.2) is 24.3 Å². The van der Waals surface area contributed by atoms with Gasteiger partial charge in [0.05, 0.1) is 5.41 Å². The minimum atomic E-state index is -0.964. The van der Waals surface area contributed by atoms with Crippen molar-refractivity contribution in [1.82, 2.24) is 15.7 Å². The van der Waals surface area contributed by atoms with Crippen molar-refractivity contribution in [3.63, 3.8) is 0 Å². The average molecular weight is 407 g/mol. The Morgan fingerprint density at radius 2 is 1.93 bits per heavy atom. The molecular formula is C21H30FN3O4. The molecule has 1 saturated heterocycles. The van der Waals surface area contributed by atoms with Gasteiger partial charge in [0.1, 0.15) is 11.9 Å². The van der Waals surface area contributed by atoms with Crippen molar-refractivity contribution in [2.45, 2.75) is 52.0 Å². The van der Waals surface area contributed by atoms with Crippen LogP contribution in [0.3, 0.4) is 0 Å². The van der Waals surface area contributed by atoms with Crippen LogP contribution in [-0.4, -0.2) is 47.5 Å². The van der Waals surface area contributed by atoms with Crippen LogP contribution in [0.1, 0.15) is 45.1 Å². The first-order valence-electron chi connectivity index (χ1n) is 9.94. The summed E-state index contributed by atoms with van der Waals surface area (Å²) in [6, 6.07) is 5.58. The highest BCUT2D eigenvalue weighted by molar-refractivity contribution is 5.94. The lowest BCUT2D eigenvalue weighted by atomic mass is 9.77. The topological polar surface area (TPSA) is 98.7 Å². The maximum atomic E-state index is 13.4. The number of likely N-dealkylation sites (tertiary alicyclic amines) is 1. The van der Waals surface area contributed by atoms with Gasteiger partial charge in [0, 0.05) is 20.0 Å².